The number of halogens is 1. The van der Waals surface area contributed by atoms with Crippen LogP contribution in [-0.4, -0.2) is 23.0 Å². The molecule has 0 bridgehead atoms. The molecule has 1 aromatic carbocycles. The maximum Gasteiger partial charge on any atom is 0.325 e. The minimum Gasteiger partial charge on any atom is -0.480 e. The van der Waals surface area contributed by atoms with Gasteiger partial charge in [0.05, 0.1) is 5.02 Å². The third-order valence-electron chi connectivity index (χ3n) is 2.46. The zero-order valence-corrected chi connectivity index (χ0v) is 11.0. The molecule has 18 heavy (non-hydrogen) atoms. The van der Waals surface area contributed by atoms with Gasteiger partial charge in [0.25, 0.3) is 5.91 Å². The summed E-state index contributed by atoms with van der Waals surface area (Å²) in [6, 6.07) is 6.44. The van der Waals surface area contributed by atoms with Gasteiger partial charge in [0, 0.05) is 10.1 Å². The van der Waals surface area contributed by atoms with E-state index in [1.165, 1.54) is 18.3 Å². The Kier molecular flexibility index (Phi) is 3.54. The molecule has 1 aromatic heterocycles. The molecule has 1 amide bonds. The van der Waals surface area contributed by atoms with Crippen LogP contribution in [0.3, 0.4) is 0 Å². The van der Waals surface area contributed by atoms with E-state index in [4.69, 9.17) is 16.7 Å². The van der Waals surface area contributed by atoms with Crippen molar-refractivity contribution >= 4 is 44.9 Å². The number of hydrogen-bond donors (Lipinski definition) is 2. The summed E-state index contributed by atoms with van der Waals surface area (Å²) < 4.78 is 0.899. The van der Waals surface area contributed by atoms with E-state index < -0.39 is 17.9 Å². The molecule has 0 saturated carbocycles. The number of nitrogens with one attached hydrogen (secondary N) is 1. The number of carboxylic acid groups (broad SMARTS) is 1. The topological polar surface area (TPSA) is 66.4 Å². The summed E-state index contributed by atoms with van der Waals surface area (Å²) >= 11 is 7.37. The van der Waals surface area contributed by atoms with Gasteiger partial charge in [-0.25, -0.2) is 0 Å². The van der Waals surface area contributed by atoms with Gasteiger partial charge in [-0.3, -0.25) is 9.59 Å². The van der Waals surface area contributed by atoms with Crippen LogP contribution >= 0.6 is 22.9 Å². The molecule has 0 aliphatic carbocycles. The molecule has 6 heteroatoms. The van der Waals surface area contributed by atoms with Crippen molar-refractivity contribution in [1.29, 1.82) is 0 Å². The molecule has 1 unspecified atom stereocenters. The molecule has 0 saturated heterocycles. The van der Waals surface area contributed by atoms with E-state index in [-0.39, 0.29) is 0 Å². The second-order valence-corrected chi connectivity index (χ2v) is 5.20. The fourth-order valence-electron chi connectivity index (χ4n) is 1.48. The highest BCUT2D eigenvalue weighted by molar-refractivity contribution is 7.21. The number of rotatable bonds is 3. The fraction of sp³-hybridized carbons (Fsp3) is 0.167. The van der Waals surface area contributed by atoms with Crippen LogP contribution in [0, 0.1) is 0 Å². The first-order chi connectivity index (χ1) is 8.50. The van der Waals surface area contributed by atoms with Crippen molar-refractivity contribution in [2.45, 2.75) is 13.0 Å². The van der Waals surface area contributed by atoms with Crippen molar-refractivity contribution in [2.75, 3.05) is 0 Å². The lowest BCUT2D eigenvalue weighted by Crippen LogP contribution is -2.38. The van der Waals surface area contributed by atoms with Gasteiger partial charge in [-0.15, -0.1) is 11.3 Å². The van der Waals surface area contributed by atoms with Gasteiger partial charge in [0.1, 0.15) is 10.9 Å². The average molecular weight is 284 g/mol. The summed E-state index contributed by atoms with van der Waals surface area (Å²) in [5, 5.41) is 12.3. The van der Waals surface area contributed by atoms with Gasteiger partial charge in [-0.2, -0.15) is 0 Å². The Morgan fingerprint density at radius 2 is 2.06 bits per heavy atom. The minimum atomic E-state index is -1.08. The lowest BCUT2D eigenvalue weighted by molar-refractivity contribution is -0.138. The van der Waals surface area contributed by atoms with Crippen molar-refractivity contribution in [3.63, 3.8) is 0 Å². The van der Waals surface area contributed by atoms with Crippen molar-refractivity contribution in [3.05, 3.63) is 34.2 Å². The fourth-order valence-corrected chi connectivity index (χ4v) is 2.90. The predicted molar refractivity (Wildman–Crippen MR) is 71.4 cm³/mol. The largest absolute Gasteiger partial charge is 0.480 e. The number of fused-ring (bicyclic) bond motifs is 1. The highest BCUT2D eigenvalue weighted by Gasteiger charge is 2.20. The van der Waals surface area contributed by atoms with Crippen LogP contribution in [0.2, 0.25) is 5.02 Å². The molecule has 0 aliphatic rings. The number of carbonyl (C=O) groups excluding carboxylic acids is 1. The van der Waals surface area contributed by atoms with E-state index in [9.17, 15) is 9.59 Å². The van der Waals surface area contributed by atoms with Crippen molar-refractivity contribution in [1.82, 2.24) is 5.32 Å². The van der Waals surface area contributed by atoms with Crippen LogP contribution in [0.4, 0.5) is 0 Å². The van der Waals surface area contributed by atoms with Gasteiger partial charge < -0.3 is 10.4 Å². The molecule has 0 aliphatic heterocycles. The monoisotopic (exact) mass is 283 g/mol. The third-order valence-corrected chi connectivity index (χ3v) is 4.13. The maximum atomic E-state index is 11.9. The summed E-state index contributed by atoms with van der Waals surface area (Å²) in [6.45, 7) is 1.40. The van der Waals surface area contributed by atoms with E-state index in [2.05, 4.69) is 5.32 Å². The Labute approximate surface area is 112 Å². The van der Waals surface area contributed by atoms with E-state index >= 15 is 0 Å². The molecule has 0 spiro atoms. The molecule has 94 valence electrons. The molecule has 2 N–H and O–H groups in total. The van der Waals surface area contributed by atoms with Crippen LogP contribution in [0.25, 0.3) is 10.1 Å². The number of thiophene rings is 1. The number of amides is 1. The van der Waals surface area contributed by atoms with Gasteiger partial charge in [-0.1, -0.05) is 29.8 Å². The van der Waals surface area contributed by atoms with Crippen LogP contribution < -0.4 is 5.32 Å². The summed E-state index contributed by atoms with van der Waals surface area (Å²) in [7, 11) is 0. The summed E-state index contributed by atoms with van der Waals surface area (Å²) in [4.78, 5) is 22.9. The predicted octanol–water partition coefficient (Wildman–Crippen LogP) is 2.76. The second-order valence-electron chi connectivity index (χ2n) is 3.77. The van der Waals surface area contributed by atoms with Crippen LogP contribution in [0.15, 0.2) is 24.3 Å². The van der Waals surface area contributed by atoms with E-state index in [1.54, 1.807) is 0 Å². The number of hydrogen-bond acceptors (Lipinski definition) is 3. The van der Waals surface area contributed by atoms with Gasteiger partial charge >= 0.3 is 5.97 Å². The molecule has 0 radical (unpaired) electrons. The Balaban J connectivity index is 2.34. The average Bonchev–Trinajstić information content (AvgIpc) is 2.67. The number of carboxylic acids is 1. The van der Waals surface area contributed by atoms with E-state index in [0.717, 1.165) is 10.1 Å². The molecule has 2 aromatic rings. The Morgan fingerprint density at radius 3 is 2.67 bits per heavy atom. The quantitative estimate of drug-likeness (QED) is 0.910. The molecule has 2 rings (SSSR count). The van der Waals surface area contributed by atoms with Crippen LogP contribution in [0.1, 0.15) is 16.6 Å². The third kappa shape index (κ3) is 2.32. The zero-order valence-electron chi connectivity index (χ0n) is 9.44. The van der Waals surface area contributed by atoms with Crippen molar-refractivity contribution in [2.24, 2.45) is 0 Å². The molecule has 1 atom stereocenters. The lowest BCUT2D eigenvalue weighted by Gasteiger charge is -2.07. The molecular weight excluding hydrogens is 274 g/mol. The molecule has 0 fully saturated rings. The van der Waals surface area contributed by atoms with Gasteiger partial charge in [0.2, 0.25) is 0 Å². The summed E-state index contributed by atoms with van der Waals surface area (Å²) in [5.74, 6) is -1.54. The smallest absolute Gasteiger partial charge is 0.325 e. The molecule has 1 heterocycles. The number of carbonyl (C=O) groups is 2. The van der Waals surface area contributed by atoms with Crippen molar-refractivity contribution < 1.29 is 14.7 Å². The van der Waals surface area contributed by atoms with E-state index in [1.807, 2.05) is 24.3 Å². The molecule has 4 nitrogen and oxygen atoms in total. The van der Waals surface area contributed by atoms with Crippen LogP contribution in [0.5, 0.6) is 0 Å². The highest BCUT2D eigenvalue weighted by atomic mass is 35.5. The molecular formula is C12H10ClNO3S. The Bertz CT molecular complexity index is 623. The second kappa shape index (κ2) is 4.96. The lowest BCUT2D eigenvalue weighted by atomic mass is 10.2. The highest BCUT2D eigenvalue weighted by Crippen LogP contribution is 2.34. The number of aliphatic carboxylic acids is 1. The van der Waals surface area contributed by atoms with Gasteiger partial charge in [0.15, 0.2) is 0 Å². The maximum absolute atomic E-state index is 11.9. The summed E-state index contributed by atoms with van der Waals surface area (Å²) in [5.41, 5.74) is 0. The zero-order chi connectivity index (χ0) is 13.3. The van der Waals surface area contributed by atoms with E-state index in [0.29, 0.717) is 9.90 Å². The van der Waals surface area contributed by atoms with Gasteiger partial charge in [-0.05, 0) is 13.0 Å². The first kappa shape index (κ1) is 12.9. The first-order valence-corrected chi connectivity index (χ1v) is 6.41. The first-order valence-electron chi connectivity index (χ1n) is 5.21. The van der Waals surface area contributed by atoms with Crippen LogP contribution in [-0.2, 0) is 4.79 Å². The minimum absolute atomic E-state index is 0.339. The SMILES string of the molecule is CC(NC(=O)c1sc2ccccc2c1Cl)C(=O)O. The van der Waals surface area contributed by atoms with Crippen molar-refractivity contribution in [3.8, 4) is 0 Å². The summed E-state index contributed by atoms with van der Waals surface area (Å²) in [6.07, 6.45) is 0. The Hall–Kier alpha value is -1.59. The number of benzene rings is 1. The standard InChI is InChI=1S/C12H10ClNO3S/c1-6(12(16)17)14-11(15)10-9(13)7-4-2-3-5-8(7)18-10/h2-6H,1H3,(H,14,15)(H,16,17). The Morgan fingerprint density at radius 1 is 1.39 bits per heavy atom. The normalized spacial score (nSPS) is 12.3.